The van der Waals surface area contributed by atoms with E-state index in [2.05, 4.69) is 10.3 Å². The summed E-state index contributed by atoms with van der Waals surface area (Å²) in [4.78, 5) is 27.9. The lowest BCUT2D eigenvalue weighted by molar-refractivity contribution is -0.114. The Kier molecular flexibility index (Phi) is 5.83. The van der Waals surface area contributed by atoms with Crippen LogP contribution in [-0.4, -0.2) is 24.0 Å². The summed E-state index contributed by atoms with van der Waals surface area (Å²) in [6, 6.07) is 14.2. The summed E-state index contributed by atoms with van der Waals surface area (Å²) >= 11 is 1.48. The minimum atomic E-state index is -0.471. The predicted molar refractivity (Wildman–Crippen MR) is 104 cm³/mol. The van der Waals surface area contributed by atoms with E-state index in [1.54, 1.807) is 31.4 Å². The number of esters is 1. The number of nitrogens with zero attached hydrogens (tertiary/aromatic N) is 1. The van der Waals surface area contributed by atoms with Gasteiger partial charge < -0.3 is 14.8 Å². The number of aromatic nitrogens is 1. The molecule has 0 fully saturated rings. The lowest BCUT2D eigenvalue weighted by Gasteiger charge is -2.06. The van der Waals surface area contributed by atoms with Crippen LogP contribution in [0.1, 0.15) is 23.0 Å². The van der Waals surface area contributed by atoms with E-state index in [0.717, 1.165) is 16.3 Å². The molecule has 0 saturated heterocycles. The van der Waals surface area contributed by atoms with Gasteiger partial charge in [-0.25, -0.2) is 9.78 Å². The average molecular weight is 382 g/mol. The Hall–Kier alpha value is -3.19. The molecule has 0 saturated carbocycles. The van der Waals surface area contributed by atoms with Crippen LogP contribution < -0.4 is 10.1 Å². The van der Waals surface area contributed by atoms with Crippen LogP contribution in [0.2, 0.25) is 0 Å². The van der Waals surface area contributed by atoms with E-state index in [0.29, 0.717) is 16.9 Å². The van der Waals surface area contributed by atoms with Gasteiger partial charge in [0.25, 0.3) is 0 Å². The Labute approximate surface area is 160 Å². The van der Waals surface area contributed by atoms with Gasteiger partial charge in [0.2, 0.25) is 5.91 Å². The van der Waals surface area contributed by atoms with Gasteiger partial charge in [-0.2, -0.15) is 0 Å². The standard InChI is InChI=1S/C20H18N2O4S/c1-13(23)21-16-5-3-4-15(10-16)20(24)26-11-17-12-27-19(22-17)14-6-8-18(25-2)9-7-14/h3-10,12H,11H2,1-2H3,(H,21,23). The highest BCUT2D eigenvalue weighted by Crippen LogP contribution is 2.26. The summed E-state index contributed by atoms with van der Waals surface area (Å²) in [6.45, 7) is 1.49. The number of amides is 1. The molecule has 0 bridgehead atoms. The van der Waals surface area contributed by atoms with E-state index in [4.69, 9.17) is 9.47 Å². The molecule has 1 N–H and O–H groups in total. The lowest BCUT2D eigenvalue weighted by atomic mass is 10.2. The number of carbonyl (C=O) groups is 2. The fraction of sp³-hybridized carbons (Fsp3) is 0.150. The van der Waals surface area contributed by atoms with Crippen molar-refractivity contribution in [2.24, 2.45) is 0 Å². The highest BCUT2D eigenvalue weighted by molar-refractivity contribution is 7.13. The van der Waals surface area contributed by atoms with Crippen LogP contribution in [0.15, 0.2) is 53.9 Å². The van der Waals surface area contributed by atoms with Crippen molar-refractivity contribution < 1.29 is 19.1 Å². The fourth-order valence-corrected chi connectivity index (χ4v) is 3.20. The van der Waals surface area contributed by atoms with Crippen molar-refractivity contribution in [3.8, 4) is 16.3 Å². The second-order valence-corrected chi connectivity index (χ2v) is 6.57. The highest BCUT2D eigenvalue weighted by atomic mass is 32.1. The molecule has 3 rings (SSSR count). The lowest BCUT2D eigenvalue weighted by Crippen LogP contribution is -2.09. The van der Waals surface area contributed by atoms with E-state index in [1.165, 1.54) is 18.3 Å². The molecule has 0 atom stereocenters. The Balaban J connectivity index is 1.62. The molecule has 7 heteroatoms. The van der Waals surface area contributed by atoms with Crippen molar-refractivity contribution in [2.45, 2.75) is 13.5 Å². The van der Waals surface area contributed by atoms with Crippen molar-refractivity contribution in [2.75, 3.05) is 12.4 Å². The van der Waals surface area contributed by atoms with Crippen molar-refractivity contribution in [1.82, 2.24) is 4.98 Å². The number of ether oxygens (including phenoxy) is 2. The zero-order valence-corrected chi connectivity index (χ0v) is 15.7. The molecule has 6 nitrogen and oxygen atoms in total. The summed E-state index contributed by atoms with van der Waals surface area (Å²) in [5.74, 6) is 0.112. The first kappa shape index (κ1) is 18.6. The molecule has 3 aromatic rings. The second-order valence-electron chi connectivity index (χ2n) is 5.71. The number of hydrogen-bond acceptors (Lipinski definition) is 6. The number of thiazole rings is 1. The van der Waals surface area contributed by atoms with Gasteiger partial charge in [-0.1, -0.05) is 6.07 Å². The Morgan fingerprint density at radius 3 is 2.63 bits per heavy atom. The van der Waals surface area contributed by atoms with E-state index in [9.17, 15) is 9.59 Å². The van der Waals surface area contributed by atoms with Crippen LogP contribution in [0.3, 0.4) is 0 Å². The van der Waals surface area contributed by atoms with Gasteiger partial charge in [0.05, 0.1) is 18.4 Å². The number of methoxy groups -OCH3 is 1. The largest absolute Gasteiger partial charge is 0.497 e. The quantitative estimate of drug-likeness (QED) is 0.649. The van der Waals surface area contributed by atoms with Gasteiger partial charge in [0, 0.05) is 23.6 Å². The molecule has 0 spiro atoms. The van der Waals surface area contributed by atoms with Gasteiger partial charge in [0.1, 0.15) is 17.4 Å². The molecule has 27 heavy (non-hydrogen) atoms. The highest BCUT2D eigenvalue weighted by Gasteiger charge is 2.11. The topological polar surface area (TPSA) is 77.5 Å². The molecule has 0 aliphatic heterocycles. The zero-order valence-electron chi connectivity index (χ0n) is 14.9. The predicted octanol–water partition coefficient (Wildman–Crippen LogP) is 4.13. The molecular formula is C20H18N2O4S. The van der Waals surface area contributed by atoms with Crippen molar-refractivity contribution in [1.29, 1.82) is 0 Å². The number of carbonyl (C=O) groups excluding carboxylic acids is 2. The molecule has 0 aliphatic rings. The Morgan fingerprint density at radius 2 is 1.93 bits per heavy atom. The maximum absolute atomic E-state index is 12.2. The first-order valence-corrected chi connectivity index (χ1v) is 9.07. The minimum Gasteiger partial charge on any atom is -0.497 e. The molecule has 0 unspecified atom stereocenters. The summed E-state index contributed by atoms with van der Waals surface area (Å²) in [5.41, 5.74) is 2.57. The molecule has 0 aliphatic carbocycles. The SMILES string of the molecule is COc1ccc(-c2nc(COC(=O)c3cccc(NC(C)=O)c3)cs2)cc1. The van der Waals surface area contributed by atoms with Crippen LogP contribution in [0.5, 0.6) is 5.75 Å². The number of hydrogen-bond donors (Lipinski definition) is 1. The maximum Gasteiger partial charge on any atom is 0.338 e. The third-order valence-corrected chi connectivity index (χ3v) is 4.60. The zero-order chi connectivity index (χ0) is 19.2. The van der Waals surface area contributed by atoms with Crippen LogP contribution in [0.4, 0.5) is 5.69 Å². The monoisotopic (exact) mass is 382 g/mol. The van der Waals surface area contributed by atoms with Crippen molar-refractivity contribution in [3.05, 3.63) is 65.2 Å². The van der Waals surface area contributed by atoms with E-state index < -0.39 is 5.97 Å². The van der Waals surface area contributed by atoms with Gasteiger partial charge in [-0.3, -0.25) is 4.79 Å². The van der Waals surface area contributed by atoms with E-state index >= 15 is 0 Å². The molecular weight excluding hydrogens is 364 g/mol. The van der Waals surface area contributed by atoms with Gasteiger partial charge in [0.15, 0.2) is 0 Å². The smallest absolute Gasteiger partial charge is 0.338 e. The Morgan fingerprint density at radius 1 is 1.15 bits per heavy atom. The molecule has 0 radical (unpaired) electrons. The maximum atomic E-state index is 12.2. The molecule has 1 amide bonds. The normalized spacial score (nSPS) is 10.3. The Bertz CT molecular complexity index is 951. The van der Waals surface area contributed by atoms with Crippen LogP contribution >= 0.6 is 11.3 Å². The van der Waals surface area contributed by atoms with Gasteiger partial charge in [-0.15, -0.1) is 11.3 Å². The van der Waals surface area contributed by atoms with Crippen LogP contribution in [-0.2, 0) is 16.1 Å². The second kappa shape index (κ2) is 8.46. The minimum absolute atomic E-state index is 0.0792. The van der Waals surface area contributed by atoms with Gasteiger partial charge in [-0.05, 0) is 42.5 Å². The van der Waals surface area contributed by atoms with Crippen molar-refractivity contribution >= 4 is 28.9 Å². The molecule has 1 heterocycles. The summed E-state index contributed by atoms with van der Waals surface area (Å²) in [5, 5.41) is 5.34. The first-order chi connectivity index (χ1) is 13.0. The van der Waals surface area contributed by atoms with Crippen LogP contribution in [0, 0.1) is 0 Å². The molecule has 1 aromatic heterocycles. The molecule has 138 valence electrons. The van der Waals surface area contributed by atoms with Gasteiger partial charge >= 0.3 is 5.97 Å². The third kappa shape index (κ3) is 4.92. The van der Waals surface area contributed by atoms with E-state index in [-0.39, 0.29) is 12.5 Å². The average Bonchev–Trinajstić information content (AvgIpc) is 3.15. The number of anilines is 1. The number of benzene rings is 2. The summed E-state index contributed by atoms with van der Waals surface area (Å²) in [6.07, 6.45) is 0. The number of rotatable bonds is 6. The summed E-state index contributed by atoms with van der Waals surface area (Å²) < 4.78 is 10.5. The van der Waals surface area contributed by atoms with Crippen molar-refractivity contribution in [3.63, 3.8) is 0 Å². The fourth-order valence-electron chi connectivity index (χ4n) is 2.39. The molecule has 2 aromatic carbocycles. The number of nitrogens with one attached hydrogen (secondary N) is 1. The summed E-state index contributed by atoms with van der Waals surface area (Å²) in [7, 11) is 1.62. The van der Waals surface area contributed by atoms with E-state index in [1.807, 2.05) is 29.6 Å². The van der Waals surface area contributed by atoms with Crippen LogP contribution in [0.25, 0.3) is 10.6 Å². The first-order valence-electron chi connectivity index (χ1n) is 8.19. The third-order valence-electron chi connectivity index (χ3n) is 3.66.